The Bertz CT molecular complexity index is 530. The first-order valence-corrected chi connectivity index (χ1v) is 6.48. The van der Waals surface area contributed by atoms with Crippen LogP contribution < -0.4 is 0 Å². The van der Waals surface area contributed by atoms with Gasteiger partial charge in [-0.05, 0) is 30.5 Å². The number of benzene rings is 1. The van der Waals surface area contributed by atoms with Crippen LogP contribution in [0.5, 0.6) is 0 Å². The normalized spacial score (nSPS) is 15.2. The van der Waals surface area contributed by atoms with Gasteiger partial charge in [0.15, 0.2) is 0 Å². The van der Waals surface area contributed by atoms with E-state index in [0.29, 0.717) is 0 Å². The second kappa shape index (κ2) is 4.88. The van der Waals surface area contributed by atoms with E-state index >= 15 is 0 Å². The molecule has 0 spiro atoms. The number of fused-ring (bicyclic) bond motifs is 1. The van der Waals surface area contributed by atoms with Crippen molar-refractivity contribution in [2.45, 2.75) is 38.6 Å². The van der Waals surface area contributed by atoms with Gasteiger partial charge in [-0.3, -0.25) is 0 Å². The van der Waals surface area contributed by atoms with Crippen LogP contribution in [0, 0.1) is 5.82 Å². The Kier molecular flexibility index (Phi) is 3.09. The van der Waals surface area contributed by atoms with E-state index in [-0.39, 0.29) is 5.82 Å². The molecule has 1 aromatic heterocycles. The van der Waals surface area contributed by atoms with E-state index in [1.807, 2.05) is 12.1 Å². The molecule has 0 atom stereocenters. The lowest BCUT2D eigenvalue weighted by Crippen LogP contribution is -2.06. The molecule has 3 rings (SSSR count). The van der Waals surface area contributed by atoms with E-state index in [1.165, 1.54) is 31.4 Å². The maximum absolute atomic E-state index is 12.9. The molecule has 1 aliphatic rings. The molecule has 2 aromatic rings. The van der Waals surface area contributed by atoms with Gasteiger partial charge in [-0.2, -0.15) is 0 Å². The first kappa shape index (κ1) is 11.4. The van der Waals surface area contributed by atoms with E-state index in [0.717, 1.165) is 36.6 Å². The summed E-state index contributed by atoms with van der Waals surface area (Å²) in [5.41, 5.74) is 1.08. The van der Waals surface area contributed by atoms with Gasteiger partial charge in [0.2, 0.25) is 0 Å². The van der Waals surface area contributed by atoms with E-state index in [4.69, 9.17) is 0 Å². The van der Waals surface area contributed by atoms with Crippen molar-refractivity contribution in [3.05, 3.63) is 47.3 Å². The lowest BCUT2D eigenvalue weighted by atomic mass is 10.1. The number of aromatic nitrogens is 3. The highest BCUT2D eigenvalue weighted by atomic mass is 19.1. The molecule has 0 N–H and O–H groups in total. The average Bonchev–Trinajstić information content (AvgIpc) is 2.62. The first-order chi connectivity index (χ1) is 8.83. The molecule has 4 heteroatoms. The summed E-state index contributed by atoms with van der Waals surface area (Å²) in [7, 11) is 0. The summed E-state index contributed by atoms with van der Waals surface area (Å²) in [6.45, 7) is 1.01. The summed E-state index contributed by atoms with van der Waals surface area (Å²) in [6, 6.07) is 6.62. The van der Waals surface area contributed by atoms with Crippen LogP contribution in [0.2, 0.25) is 0 Å². The van der Waals surface area contributed by atoms with Gasteiger partial charge in [0.1, 0.15) is 17.5 Å². The zero-order valence-electron chi connectivity index (χ0n) is 10.3. The molecule has 0 unspecified atom stereocenters. The third-order valence-corrected chi connectivity index (χ3v) is 3.46. The fourth-order valence-electron chi connectivity index (χ4n) is 2.46. The van der Waals surface area contributed by atoms with Gasteiger partial charge < -0.3 is 4.57 Å². The number of nitrogens with zero attached hydrogens (tertiary/aromatic N) is 3. The Morgan fingerprint density at radius 1 is 1.06 bits per heavy atom. The minimum absolute atomic E-state index is 0.196. The molecule has 0 radical (unpaired) electrons. The summed E-state index contributed by atoms with van der Waals surface area (Å²) >= 11 is 0. The van der Waals surface area contributed by atoms with Gasteiger partial charge in [-0.25, -0.2) is 4.39 Å². The minimum Gasteiger partial charge on any atom is -0.315 e. The largest absolute Gasteiger partial charge is 0.315 e. The van der Waals surface area contributed by atoms with Crippen LogP contribution in [-0.4, -0.2) is 14.8 Å². The molecule has 0 saturated heterocycles. The molecule has 1 aliphatic heterocycles. The van der Waals surface area contributed by atoms with Crippen molar-refractivity contribution < 1.29 is 4.39 Å². The SMILES string of the molecule is Fc1ccc(Cc2nnc3n2CCCCC3)cc1. The molecule has 18 heavy (non-hydrogen) atoms. The number of aryl methyl sites for hydroxylation is 1. The summed E-state index contributed by atoms with van der Waals surface area (Å²) in [6.07, 6.45) is 5.42. The first-order valence-electron chi connectivity index (χ1n) is 6.48. The predicted octanol–water partition coefficient (Wildman–Crippen LogP) is 2.73. The van der Waals surface area contributed by atoms with Crippen LogP contribution in [0.4, 0.5) is 4.39 Å². The lowest BCUT2D eigenvalue weighted by Gasteiger charge is -2.06. The molecule has 0 amide bonds. The summed E-state index contributed by atoms with van der Waals surface area (Å²) in [5.74, 6) is 1.90. The zero-order valence-corrected chi connectivity index (χ0v) is 10.3. The van der Waals surface area contributed by atoms with Crippen molar-refractivity contribution in [3.63, 3.8) is 0 Å². The molecule has 94 valence electrons. The second-order valence-corrected chi connectivity index (χ2v) is 4.80. The smallest absolute Gasteiger partial charge is 0.137 e. The highest BCUT2D eigenvalue weighted by molar-refractivity contribution is 5.20. The van der Waals surface area contributed by atoms with Crippen LogP contribution in [0.15, 0.2) is 24.3 Å². The Balaban J connectivity index is 1.84. The maximum atomic E-state index is 12.9. The maximum Gasteiger partial charge on any atom is 0.137 e. The van der Waals surface area contributed by atoms with Crippen molar-refractivity contribution >= 4 is 0 Å². The molecule has 0 saturated carbocycles. The molecule has 3 nitrogen and oxygen atoms in total. The van der Waals surface area contributed by atoms with Gasteiger partial charge in [0.05, 0.1) is 0 Å². The van der Waals surface area contributed by atoms with E-state index in [1.54, 1.807) is 0 Å². The summed E-state index contributed by atoms with van der Waals surface area (Å²) in [5, 5.41) is 8.55. The fraction of sp³-hybridized carbons (Fsp3) is 0.429. The standard InChI is InChI=1S/C14H16FN3/c15-12-7-5-11(6-8-12)10-14-17-16-13-4-2-1-3-9-18(13)14/h5-8H,1-4,9-10H2. The Morgan fingerprint density at radius 3 is 2.72 bits per heavy atom. The molecule has 1 aromatic carbocycles. The topological polar surface area (TPSA) is 30.7 Å². The van der Waals surface area contributed by atoms with Crippen molar-refractivity contribution in [2.24, 2.45) is 0 Å². The van der Waals surface area contributed by atoms with Gasteiger partial charge in [0.25, 0.3) is 0 Å². The fourth-order valence-corrected chi connectivity index (χ4v) is 2.46. The van der Waals surface area contributed by atoms with Gasteiger partial charge in [0, 0.05) is 19.4 Å². The monoisotopic (exact) mass is 245 g/mol. The Hall–Kier alpha value is -1.71. The Morgan fingerprint density at radius 2 is 1.89 bits per heavy atom. The average molecular weight is 245 g/mol. The van der Waals surface area contributed by atoms with Crippen LogP contribution >= 0.6 is 0 Å². The third-order valence-electron chi connectivity index (χ3n) is 3.46. The molecular formula is C14H16FN3. The van der Waals surface area contributed by atoms with Crippen molar-refractivity contribution in [2.75, 3.05) is 0 Å². The number of rotatable bonds is 2. The van der Waals surface area contributed by atoms with Crippen LogP contribution in [0.1, 0.15) is 36.5 Å². The van der Waals surface area contributed by atoms with Gasteiger partial charge >= 0.3 is 0 Å². The molecule has 0 bridgehead atoms. The summed E-state index contributed by atoms with van der Waals surface area (Å²) in [4.78, 5) is 0. The lowest BCUT2D eigenvalue weighted by molar-refractivity contribution is 0.610. The van der Waals surface area contributed by atoms with Crippen LogP contribution in [0.25, 0.3) is 0 Å². The molecule has 0 aliphatic carbocycles. The number of hydrogen-bond donors (Lipinski definition) is 0. The highest BCUT2D eigenvalue weighted by Crippen LogP contribution is 2.16. The number of hydrogen-bond acceptors (Lipinski definition) is 2. The van der Waals surface area contributed by atoms with Gasteiger partial charge in [-0.15, -0.1) is 10.2 Å². The van der Waals surface area contributed by atoms with Gasteiger partial charge in [-0.1, -0.05) is 18.6 Å². The molecule has 2 heterocycles. The van der Waals surface area contributed by atoms with Crippen LogP contribution in [-0.2, 0) is 19.4 Å². The Labute approximate surface area is 106 Å². The van der Waals surface area contributed by atoms with E-state index in [9.17, 15) is 4.39 Å². The molecule has 0 fully saturated rings. The third kappa shape index (κ3) is 2.28. The second-order valence-electron chi connectivity index (χ2n) is 4.80. The predicted molar refractivity (Wildman–Crippen MR) is 66.8 cm³/mol. The van der Waals surface area contributed by atoms with Crippen molar-refractivity contribution in [1.82, 2.24) is 14.8 Å². The van der Waals surface area contributed by atoms with Crippen molar-refractivity contribution in [1.29, 1.82) is 0 Å². The van der Waals surface area contributed by atoms with Crippen LogP contribution in [0.3, 0.4) is 0 Å². The molecular weight excluding hydrogens is 229 g/mol. The summed E-state index contributed by atoms with van der Waals surface area (Å²) < 4.78 is 15.1. The van der Waals surface area contributed by atoms with E-state index in [2.05, 4.69) is 14.8 Å². The quantitative estimate of drug-likeness (QED) is 0.814. The minimum atomic E-state index is -0.196. The zero-order chi connectivity index (χ0) is 12.4. The van der Waals surface area contributed by atoms with Crippen molar-refractivity contribution in [3.8, 4) is 0 Å². The highest BCUT2D eigenvalue weighted by Gasteiger charge is 2.14. The van der Waals surface area contributed by atoms with E-state index < -0.39 is 0 Å². The number of halogens is 1.